The van der Waals surface area contributed by atoms with E-state index < -0.39 is 11.6 Å². The average Bonchev–Trinajstić information content (AvgIpc) is 2.76. The SMILES string of the molecule is CC(Cl)c1nnc(NCCc2cc(F)cc(F)c2)o1. The Morgan fingerprint density at radius 2 is 1.95 bits per heavy atom. The molecule has 4 nitrogen and oxygen atoms in total. The molecule has 0 bridgehead atoms. The van der Waals surface area contributed by atoms with Crippen LogP contribution in [0.25, 0.3) is 0 Å². The summed E-state index contributed by atoms with van der Waals surface area (Å²) in [6.07, 6.45) is 0.433. The summed E-state index contributed by atoms with van der Waals surface area (Å²) in [6, 6.07) is 3.64. The summed E-state index contributed by atoms with van der Waals surface area (Å²) in [6.45, 7) is 2.13. The summed E-state index contributed by atoms with van der Waals surface area (Å²) in [5.74, 6) is -0.863. The third kappa shape index (κ3) is 3.89. The lowest BCUT2D eigenvalue weighted by molar-refractivity contribution is 0.506. The number of aromatic nitrogens is 2. The quantitative estimate of drug-likeness (QED) is 0.857. The van der Waals surface area contributed by atoms with Gasteiger partial charge in [0.1, 0.15) is 17.0 Å². The van der Waals surface area contributed by atoms with E-state index >= 15 is 0 Å². The Hall–Kier alpha value is -1.69. The molecular formula is C12H12ClF2N3O. The van der Waals surface area contributed by atoms with E-state index in [4.69, 9.17) is 16.0 Å². The second kappa shape index (κ2) is 5.97. The largest absolute Gasteiger partial charge is 0.407 e. The molecule has 0 fully saturated rings. The molecule has 2 rings (SSSR count). The van der Waals surface area contributed by atoms with E-state index in [1.165, 1.54) is 12.1 Å². The maximum absolute atomic E-state index is 13.0. The summed E-state index contributed by atoms with van der Waals surface area (Å²) in [4.78, 5) is 0. The molecule has 0 aliphatic carbocycles. The van der Waals surface area contributed by atoms with Crippen molar-refractivity contribution in [1.29, 1.82) is 0 Å². The minimum absolute atomic E-state index is 0.236. The molecule has 0 amide bonds. The number of anilines is 1. The number of rotatable bonds is 5. The number of nitrogens with zero attached hydrogens (tertiary/aromatic N) is 2. The predicted octanol–water partition coefficient (Wildman–Crippen LogP) is 3.30. The zero-order chi connectivity index (χ0) is 13.8. The molecule has 7 heteroatoms. The van der Waals surface area contributed by atoms with Gasteiger partial charge in [-0.3, -0.25) is 0 Å². The van der Waals surface area contributed by atoms with Crippen LogP contribution in [0.3, 0.4) is 0 Å². The van der Waals surface area contributed by atoms with Crippen LogP contribution in [-0.4, -0.2) is 16.7 Å². The van der Waals surface area contributed by atoms with E-state index in [-0.39, 0.29) is 11.4 Å². The highest BCUT2D eigenvalue weighted by Gasteiger charge is 2.10. The van der Waals surface area contributed by atoms with Gasteiger partial charge in [0, 0.05) is 12.6 Å². The molecule has 0 aliphatic rings. The molecule has 0 aliphatic heterocycles. The minimum Gasteiger partial charge on any atom is -0.407 e. The van der Waals surface area contributed by atoms with Gasteiger partial charge in [-0.25, -0.2) is 8.78 Å². The molecular weight excluding hydrogens is 276 g/mol. The van der Waals surface area contributed by atoms with Gasteiger partial charge in [-0.05, 0) is 31.0 Å². The van der Waals surface area contributed by atoms with Gasteiger partial charge in [-0.2, -0.15) is 0 Å². The van der Waals surface area contributed by atoms with Crippen LogP contribution in [0.1, 0.15) is 23.8 Å². The van der Waals surface area contributed by atoms with Crippen molar-refractivity contribution < 1.29 is 13.2 Å². The van der Waals surface area contributed by atoms with Crippen LogP contribution in [0.2, 0.25) is 0 Å². The van der Waals surface area contributed by atoms with Crippen LogP contribution in [0.5, 0.6) is 0 Å². The molecule has 1 atom stereocenters. The third-order valence-electron chi connectivity index (χ3n) is 2.39. The molecule has 0 spiro atoms. The lowest BCUT2D eigenvalue weighted by Gasteiger charge is -2.02. The second-order valence-electron chi connectivity index (χ2n) is 4.02. The van der Waals surface area contributed by atoms with Crippen LogP contribution >= 0.6 is 11.6 Å². The summed E-state index contributed by atoms with van der Waals surface area (Å²) in [7, 11) is 0. The fourth-order valence-electron chi connectivity index (χ4n) is 1.54. The maximum atomic E-state index is 13.0. The van der Waals surface area contributed by atoms with Crippen LogP contribution < -0.4 is 5.32 Å². The van der Waals surface area contributed by atoms with Gasteiger partial charge in [0.05, 0.1) is 0 Å². The molecule has 1 N–H and O–H groups in total. The highest BCUT2D eigenvalue weighted by atomic mass is 35.5. The van der Waals surface area contributed by atoms with Gasteiger partial charge < -0.3 is 9.73 Å². The molecule has 2 aromatic rings. The van der Waals surface area contributed by atoms with Crippen molar-refractivity contribution in [3.8, 4) is 0 Å². The van der Waals surface area contributed by atoms with E-state index in [1.54, 1.807) is 6.92 Å². The minimum atomic E-state index is -0.592. The molecule has 0 radical (unpaired) electrons. The monoisotopic (exact) mass is 287 g/mol. The van der Waals surface area contributed by atoms with Crippen LogP contribution in [0.4, 0.5) is 14.8 Å². The molecule has 102 valence electrons. The van der Waals surface area contributed by atoms with E-state index in [1.807, 2.05) is 0 Å². The normalized spacial score (nSPS) is 12.4. The van der Waals surface area contributed by atoms with Crippen molar-refractivity contribution in [1.82, 2.24) is 10.2 Å². The summed E-state index contributed by atoms with van der Waals surface area (Å²) in [5, 5.41) is 9.98. The zero-order valence-electron chi connectivity index (χ0n) is 10.2. The smallest absolute Gasteiger partial charge is 0.315 e. The average molecular weight is 288 g/mol. The fraction of sp³-hybridized carbons (Fsp3) is 0.333. The van der Waals surface area contributed by atoms with Gasteiger partial charge in [-0.15, -0.1) is 16.7 Å². The van der Waals surface area contributed by atoms with E-state index in [0.717, 1.165) is 6.07 Å². The number of benzene rings is 1. The Morgan fingerprint density at radius 1 is 1.26 bits per heavy atom. The van der Waals surface area contributed by atoms with E-state index in [0.29, 0.717) is 24.4 Å². The first-order valence-corrected chi connectivity index (χ1v) is 6.14. The van der Waals surface area contributed by atoms with Crippen molar-refractivity contribution in [2.24, 2.45) is 0 Å². The van der Waals surface area contributed by atoms with Crippen molar-refractivity contribution in [2.75, 3.05) is 11.9 Å². The molecule has 1 heterocycles. The fourth-order valence-corrected chi connectivity index (χ4v) is 1.62. The molecule has 1 aromatic carbocycles. The van der Waals surface area contributed by atoms with E-state index in [2.05, 4.69) is 15.5 Å². The number of nitrogens with one attached hydrogen (secondary N) is 1. The Bertz CT molecular complexity index is 539. The van der Waals surface area contributed by atoms with Gasteiger partial charge >= 0.3 is 6.01 Å². The highest BCUT2D eigenvalue weighted by Crippen LogP contribution is 2.19. The summed E-state index contributed by atoms with van der Waals surface area (Å²) >= 11 is 5.77. The Morgan fingerprint density at radius 3 is 2.53 bits per heavy atom. The molecule has 0 saturated carbocycles. The van der Waals surface area contributed by atoms with Crippen LogP contribution in [0, 0.1) is 11.6 Å². The Balaban J connectivity index is 1.88. The first-order chi connectivity index (χ1) is 9.04. The van der Waals surface area contributed by atoms with Gasteiger partial charge in [0.15, 0.2) is 0 Å². The third-order valence-corrected chi connectivity index (χ3v) is 2.58. The second-order valence-corrected chi connectivity index (χ2v) is 4.67. The molecule has 0 saturated heterocycles. The molecule has 19 heavy (non-hydrogen) atoms. The summed E-state index contributed by atoms with van der Waals surface area (Å²) < 4.78 is 31.1. The van der Waals surface area contributed by atoms with Crippen molar-refractivity contribution in [3.63, 3.8) is 0 Å². The van der Waals surface area contributed by atoms with Gasteiger partial charge in [0.2, 0.25) is 5.89 Å². The number of halogens is 3. The number of hydrogen-bond acceptors (Lipinski definition) is 4. The molecule has 1 aromatic heterocycles. The summed E-state index contributed by atoms with van der Waals surface area (Å²) in [5.41, 5.74) is 0.551. The van der Waals surface area contributed by atoms with Crippen LogP contribution in [0.15, 0.2) is 22.6 Å². The van der Waals surface area contributed by atoms with Gasteiger partial charge in [0.25, 0.3) is 0 Å². The van der Waals surface area contributed by atoms with Crippen molar-refractivity contribution >= 4 is 17.6 Å². The van der Waals surface area contributed by atoms with E-state index in [9.17, 15) is 8.78 Å². The lowest BCUT2D eigenvalue weighted by atomic mass is 10.1. The zero-order valence-corrected chi connectivity index (χ0v) is 10.9. The predicted molar refractivity (Wildman–Crippen MR) is 67.1 cm³/mol. The van der Waals surface area contributed by atoms with Crippen LogP contribution in [-0.2, 0) is 6.42 Å². The first kappa shape index (κ1) is 13.7. The number of alkyl halides is 1. The highest BCUT2D eigenvalue weighted by molar-refractivity contribution is 6.20. The van der Waals surface area contributed by atoms with Crippen molar-refractivity contribution in [2.45, 2.75) is 18.7 Å². The molecule has 1 unspecified atom stereocenters. The Kier molecular flexibility index (Phi) is 4.31. The maximum Gasteiger partial charge on any atom is 0.315 e. The standard InChI is InChI=1S/C12H12ClF2N3O/c1-7(13)11-17-18-12(19-11)16-3-2-8-4-9(14)6-10(15)5-8/h4-7H,2-3H2,1H3,(H,16,18). The van der Waals surface area contributed by atoms with Gasteiger partial charge in [-0.1, -0.05) is 5.10 Å². The lowest BCUT2D eigenvalue weighted by Crippen LogP contribution is -2.05. The number of hydrogen-bond donors (Lipinski definition) is 1. The topological polar surface area (TPSA) is 51.0 Å². The Labute approximate surface area is 113 Å². The first-order valence-electron chi connectivity index (χ1n) is 5.71. The van der Waals surface area contributed by atoms with Crippen molar-refractivity contribution in [3.05, 3.63) is 41.3 Å².